The SMILES string of the molecule is Cc1cc(C2CCC(C)CN2C(=O)C(=O)Nc2cncc(C(N)=O)c2)cc(C)c1O. The van der Waals surface area contributed by atoms with E-state index >= 15 is 0 Å². The van der Waals surface area contributed by atoms with E-state index in [-0.39, 0.29) is 29.0 Å². The fraction of sp³-hybridized carbons (Fsp3) is 0.364. The zero-order chi connectivity index (χ0) is 22.0. The highest BCUT2D eigenvalue weighted by molar-refractivity contribution is 6.39. The number of amides is 3. The predicted octanol–water partition coefficient (Wildman–Crippen LogP) is 2.44. The van der Waals surface area contributed by atoms with Crippen LogP contribution in [0.2, 0.25) is 0 Å². The van der Waals surface area contributed by atoms with E-state index in [0.717, 1.165) is 29.5 Å². The molecule has 4 N–H and O–H groups in total. The van der Waals surface area contributed by atoms with E-state index in [1.165, 1.54) is 18.5 Å². The van der Waals surface area contributed by atoms with Crippen LogP contribution < -0.4 is 11.1 Å². The molecule has 1 saturated heterocycles. The van der Waals surface area contributed by atoms with E-state index < -0.39 is 17.7 Å². The number of hydrogen-bond donors (Lipinski definition) is 3. The van der Waals surface area contributed by atoms with Crippen molar-refractivity contribution in [3.05, 3.63) is 52.8 Å². The molecular formula is C22H26N4O4. The van der Waals surface area contributed by atoms with Crippen molar-refractivity contribution in [2.24, 2.45) is 11.7 Å². The van der Waals surface area contributed by atoms with E-state index in [1.807, 2.05) is 32.9 Å². The third kappa shape index (κ3) is 4.42. The molecule has 0 saturated carbocycles. The maximum absolute atomic E-state index is 13.0. The Morgan fingerprint density at radius 1 is 1.13 bits per heavy atom. The molecule has 158 valence electrons. The van der Waals surface area contributed by atoms with Gasteiger partial charge in [0.2, 0.25) is 5.91 Å². The van der Waals surface area contributed by atoms with Crippen LogP contribution in [0, 0.1) is 19.8 Å². The molecule has 2 heterocycles. The van der Waals surface area contributed by atoms with Gasteiger partial charge in [-0.3, -0.25) is 19.4 Å². The van der Waals surface area contributed by atoms with Gasteiger partial charge in [0.15, 0.2) is 0 Å². The second-order valence-corrected chi connectivity index (χ2v) is 7.94. The molecule has 2 aromatic rings. The van der Waals surface area contributed by atoms with Gasteiger partial charge < -0.3 is 21.1 Å². The molecule has 8 heteroatoms. The lowest BCUT2D eigenvalue weighted by molar-refractivity contribution is -0.146. The van der Waals surface area contributed by atoms with Gasteiger partial charge in [0.25, 0.3) is 0 Å². The van der Waals surface area contributed by atoms with Crippen molar-refractivity contribution in [2.45, 2.75) is 39.7 Å². The Labute approximate surface area is 175 Å². The van der Waals surface area contributed by atoms with Gasteiger partial charge in [-0.1, -0.05) is 19.1 Å². The average molecular weight is 410 g/mol. The van der Waals surface area contributed by atoms with E-state index in [0.29, 0.717) is 6.54 Å². The van der Waals surface area contributed by atoms with Crippen molar-refractivity contribution in [1.29, 1.82) is 0 Å². The number of rotatable bonds is 3. The van der Waals surface area contributed by atoms with Crippen LogP contribution in [0.4, 0.5) is 5.69 Å². The maximum atomic E-state index is 13.0. The number of aromatic nitrogens is 1. The molecule has 1 aromatic heterocycles. The summed E-state index contributed by atoms with van der Waals surface area (Å²) >= 11 is 0. The number of phenolic OH excluding ortho intramolecular Hbond substituents is 1. The maximum Gasteiger partial charge on any atom is 0.313 e. The number of nitrogens with zero attached hydrogens (tertiary/aromatic N) is 2. The summed E-state index contributed by atoms with van der Waals surface area (Å²) in [6, 6.07) is 4.85. The Bertz CT molecular complexity index is 981. The van der Waals surface area contributed by atoms with Crippen LogP contribution >= 0.6 is 0 Å². The summed E-state index contributed by atoms with van der Waals surface area (Å²) in [6.07, 6.45) is 4.29. The summed E-state index contributed by atoms with van der Waals surface area (Å²) in [5.74, 6) is -1.63. The lowest BCUT2D eigenvalue weighted by Crippen LogP contribution is -2.46. The number of nitrogens with one attached hydrogen (secondary N) is 1. The minimum Gasteiger partial charge on any atom is -0.507 e. The zero-order valence-corrected chi connectivity index (χ0v) is 17.3. The summed E-state index contributed by atoms with van der Waals surface area (Å²) in [6.45, 7) is 6.13. The number of benzene rings is 1. The molecule has 3 amide bonds. The van der Waals surface area contributed by atoms with Gasteiger partial charge in [0.05, 0.1) is 23.5 Å². The van der Waals surface area contributed by atoms with Crippen molar-refractivity contribution in [3.63, 3.8) is 0 Å². The fourth-order valence-electron chi connectivity index (χ4n) is 3.86. The first-order valence-electron chi connectivity index (χ1n) is 9.84. The standard InChI is InChI=1S/C22H26N4O4/c1-12-4-5-18(15-6-13(2)19(27)14(3)7-15)26(11-12)22(30)21(29)25-17-8-16(20(23)28)9-24-10-17/h6-10,12,18,27H,4-5,11H2,1-3H3,(H2,23,28)(H,25,29). The van der Waals surface area contributed by atoms with Crippen LogP contribution in [0.3, 0.4) is 0 Å². The molecule has 1 aliphatic rings. The van der Waals surface area contributed by atoms with E-state index in [9.17, 15) is 19.5 Å². The Balaban J connectivity index is 1.85. The summed E-state index contributed by atoms with van der Waals surface area (Å²) in [4.78, 5) is 42.5. The van der Waals surface area contributed by atoms with E-state index in [2.05, 4.69) is 10.3 Å². The number of pyridine rings is 1. The number of aryl methyl sites for hydroxylation is 2. The zero-order valence-electron chi connectivity index (χ0n) is 17.3. The van der Waals surface area contributed by atoms with Crippen molar-refractivity contribution in [1.82, 2.24) is 9.88 Å². The molecule has 8 nitrogen and oxygen atoms in total. The van der Waals surface area contributed by atoms with Gasteiger partial charge in [-0.05, 0) is 55.4 Å². The van der Waals surface area contributed by atoms with Crippen LogP contribution in [0.1, 0.15) is 52.9 Å². The number of phenols is 1. The lowest BCUT2D eigenvalue weighted by atomic mass is 9.88. The van der Waals surface area contributed by atoms with Gasteiger partial charge in [0, 0.05) is 12.7 Å². The van der Waals surface area contributed by atoms with Gasteiger partial charge in [-0.2, -0.15) is 0 Å². The molecule has 3 rings (SSSR count). The Hall–Kier alpha value is -3.42. The molecule has 1 aliphatic heterocycles. The van der Waals surface area contributed by atoms with E-state index in [4.69, 9.17) is 5.73 Å². The van der Waals surface area contributed by atoms with Crippen molar-refractivity contribution in [2.75, 3.05) is 11.9 Å². The minimum atomic E-state index is -0.801. The van der Waals surface area contributed by atoms with Crippen molar-refractivity contribution >= 4 is 23.4 Å². The van der Waals surface area contributed by atoms with Crippen LogP contribution in [-0.4, -0.2) is 39.3 Å². The highest BCUT2D eigenvalue weighted by Crippen LogP contribution is 2.36. The number of piperidine rings is 1. The van der Waals surface area contributed by atoms with Crippen molar-refractivity contribution < 1.29 is 19.5 Å². The molecule has 30 heavy (non-hydrogen) atoms. The predicted molar refractivity (Wildman–Crippen MR) is 112 cm³/mol. The van der Waals surface area contributed by atoms with Gasteiger partial charge in [0.1, 0.15) is 5.75 Å². The van der Waals surface area contributed by atoms with Gasteiger partial charge >= 0.3 is 11.8 Å². The molecule has 1 aromatic carbocycles. The van der Waals surface area contributed by atoms with E-state index in [1.54, 1.807) is 4.90 Å². The fourth-order valence-corrected chi connectivity index (χ4v) is 3.86. The molecular weight excluding hydrogens is 384 g/mol. The molecule has 0 radical (unpaired) electrons. The normalized spacial score (nSPS) is 18.7. The molecule has 2 unspecified atom stereocenters. The summed E-state index contributed by atoms with van der Waals surface area (Å²) < 4.78 is 0. The number of primary amides is 1. The molecule has 0 spiro atoms. The highest BCUT2D eigenvalue weighted by Gasteiger charge is 2.34. The monoisotopic (exact) mass is 410 g/mol. The quantitative estimate of drug-likeness (QED) is 0.670. The average Bonchev–Trinajstić information content (AvgIpc) is 2.71. The number of nitrogens with two attached hydrogens (primary N) is 1. The number of hydrogen-bond acceptors (Lipinski definition) is 5. The molecule has 2 atom stereocenters. The summed E-state index contributed by atoms with van der Waals surface area (Å²) in [5, 5.41) is 12.6. The van der Waals surface area contributed by atoms with Crippen molar-refractivity contribution in [3.8, 4) is 5.75 Å². The van der Waals surface area contributed by atoms with Crippen LogP contribution in [-0.2, 0) is 9.59 Å². The number of likely N-dealkylation sites (tertiary alicyclic amines) is 1. The second kappa shape index (κ2) is 8.52. The Kier molecular flexibility index (Phi) is 6.05. The largest absolute Gasteiger partial charge is 0.507 e. The number of carbonyl (C=O) groups is 3. The smallest absolute Gasteiger partial charge is 0.313 e. The van der Waals surface area contributed by atoms with Crippen LogP contribution in [0.5, 0.6) is 5.75 Å². The number of aromatic hydroxyl groups is 1. The highest BCUT2D eigenvalue weighted by atomic mass is 16.3. The summed E-state index contributed by atoms with van der Waals surface area (Å²) in [7, 11) is 0. The van der Waals surface area contributed by atoms with Crippen LogP contribution in [0.25, 0.3) is 0 Å². The first kappa shape index (κ1) is 21.3. The minimum absolute atomic E-state index is 0.139. The third-order valence-electron chi connectivity index (χ3n) is 5.45. The molecule has 0 bridgehead atoms. The Morgan fingerprint density at radius 2 is 1.80 bits per heavy atom. The van der Waals surface area contributed by atoms with Gasteiger partial charge in [-0.15, -0.1) is 0 Å². The Morgan fingerprint density at radius 3 is 2.43 bits per heavy atom. The van der Waals surface area contributed by atoms with Crippen LogP contribution in [0.15, 0.2) is 30.6 Å². The third-order valence-corrected chi connectivity index (χ3v) is 5.45. The first-order valence-corrected chi connectivity index (χ1v) is 9.84. The first-order chi connectivity index (χ1) is 14.2. The summed E-state index contributed by atoms with van der Waals surface area (Å²) in [5.41, 5.74) is 7.96. The number of anilines is 1. The lowest BCUT2D eigenvalue weighted by Gasteiger charge is -2.38. The molecule has 1 fully saturated rings. The topological polar surface area (TPSA) is 126 Å². The van der Waals surface area contributed by atoms with Gasteiger partial charge in [-0.25, -0.2) is 0 Å². The molecule has 0 aliphatic carbocycles. The number of carbonyl (C=O) groups excluding carboxylic acids is 3. The second-order valence-electron chi connectivity index (χ2n) is 7.94.